The zero-order valence-electron chi connectivity index (χ0n) is 9.53. The number of carbonyl (C=O) groups excluding carboxylic acids is 1. The highest BCUT2D eigenvalue weighted by Crippen LogP contribution is 2.21. The number of nitrogen functional groups attached to an aromatic ring is 1. The second-order valence-corrected chi connectivity index (χ2v) is 5.48. The molecule has 0 fully saturated rings. The van der Waals surface area contributed by atoms with Gasteiger partial charge in [-0.15, -0.1) is 0 Å². The van der Waals surface area contributed by atoms with Crippen LogP contribution in [0.1, 0.15) is 12.8 Å². The van der Waals surface area contributed by atoms with Gasteiger partial charge in [0.1, 0.15) is 0 Å². The lowest BCUT2D eigenvalue weighted by Gasteiger charge is -2.06. The summed E-state index contributed by atoms with van der Waals surface area (Å²) < 4.78 is 11.9. The van der Waals surface area contributed by atoms with E-state index in [-0.39, 0.29) is 5.91 Å². The Bertz CT molecular complexity index is 437. The maximum absolute atomic E-state index is 11.9. The Balaban J connectivity index is 2.58. The van der Waals surface area contributed by atoms with E-state index in [0.29, 0.717) is 34.2 Å². The molecule has 94 valence electrons. The van der Waals surface area contributed by atoms with E-state index in [9.17, 15) is 9.00 Å². The van der Waals surface area contributed by atoms with Crippen LogP contribution in [0.3, 0.4) is 0 Å². The minimum absolute atomic E-state index is 0.0546. The third-order valence-electron chi connectivity index (χ3n) is 2.23. The van der Waals surface area contributed by atoms with Gasteiger partial charge in [-0.25, -0.2) is 0 Å². The molecule has 0 heterocycles. The molecule has 0 radical (unpaired) electrons. The average Bonchev–Trinajstić information content (AvgIpc) is 2.31. The molecule has 4 nitrogen and oxygen atoms in total. The first kappa shape index (κ1) is 14.0. The van der Waals surface area contributed by atoms with Gasteiger partial charge in [-0.2, -0.15) is 0 Å². The summed E-state index contributed by atoms with van der Waals surface area (Å²) in [6.07, 6.45) is 0.918. The minimum Gasteiger partial charge on any atom is -0.398 e. The van der Waals surface area contributed by atoms with E-state index >= 15 is 0 Å². The number of nitrogens with one attached hydrogen (secondary N) is 1. The van der Waals surface area contributed by atoms with Crippen LogP contribution in [0.5, 0.6) is 0 Å². The quantitative estimate of drug-likeness (QED) is 0.801. The van der Waals surface area contributed by atoms with Gasteiger partial charge in [0.2, 0.25) is 5.91 Å². The number of carbonyl (C=O) groups is 1. The van der Waals surface area contributed by atoms with Crippen molar-refractivity contribution < 1.29 is 9.00 Å². The lowest BCUT2D eigenvalue weighted by atomic mass is 10.3. The standard InChI is InChI=1S/C11H15ClN2O2S/c1-14-11(15)3-2-6-17(16)10-7-8(12)4-5-9(10)13/h4-5,7H,2-3,6,13H2,1H3,(H,14,15). The highest BCUT2D eigenvalue weighted by molar-refractivity contribution is 7.85. The summed E-state index contributed by atoms with van der Waals surface area (Å²) in [5.74, 6) is 0.346. The molecule has 1 amide bonds. The summed E-state index contributed by atoms with van der Waals surface area (Å²) >= 11 is 5.81. The molecule has 6 heteroatoms. The summed E-state index contributed by atoms with van der Waals surface area (Å²) in [5.41, 5.74) is 6.18. The van der Waals surface area contributed by atoms with Crippen molar-refractivity contribution in [3.8, 4) is 0 Å². The molecule has 0 aliphatic carbocycles. The lowest BCUT2D eigenvalue weighted by Crippen LogP contribution is -2.18. The van der Waals surface area contributed by atoms with Crippen molar-refractivity contribution in [1.29, 1.82) is 0 Å². The number of amides is 1. The normalized spacial score (nSPS) is 12.1. The third-order valence-corrected chi connectivity index (χ3v) is 3.97. The monoisotopic (exact) mass is 274 g/mol. The molecule has 3 N–H and O–H groups in total. The SMILES string of the molecule is CNC(=O)CCCS(=O)c1cc(Cl)ccc1N. The maximum atomic E-state index is 11.9. The fourth-order valence-corrected chi connectivity index (χ4v) is 2.76. The molecule has 0 spiro atoms. The fourth-order valence-electron chi connectivity index (χ4n) is 1.30. The summed E-state index contributed by atoms with van der Waals surface area (Å²) in [6.45, 7) is 0. The van der Waals surface area contributed by atoms with Gasteiger partial charge < -0.3 is 11.1 Å². The fraction of sp³-hybridized carbons (Fsp3) is 0.364. The van der Waals surface area contributed by atoms with Crippen molar-refractivity contribution in [1.82, 2.24) is 5.32 Å². The zero-order chi connectivity index (χ0) is 12.8. The molecule has 1 aromatic carbocycles. The van der Waals surface area contributed by atoms with E-state index in [4.69, 9.17) is 17.3 Å². The largest absolute Gasteiger partial charge is 0.398 e. The van der Waals surface area contributed by atoms with Gasteiger partial charge in [-0.1, -0.05) is 11.6 Å². The summed E-state index contributed by atoms with van der Waals surface area (Å²) in [6, 6.07) is 4.89. The van der Waals surface area contributed by atoms with E-state index in [1.54, 1.807) is 25.2 Å². The third kappa shape index (κ3) is 4.36. The average molecular weight is 275 g/mol. The lowest BCUT2D eigenvalue weighted by molar-refractivity contribution is -0.120. The molecule has 0 aromatic heterocycles. The first-order valence-corrected chi connectivity index (χ1v) is 6.88. The van der Waals surface area contributed by atoms with Crippen LogP contribution in [0.25, 0.3) is 0 Å². The number of halogens is 1. The molecule has 0 aliphatic rings. The van der Waals surface area contributed by atoms with Gasteiger partial charge >= 0.3 is 0 Å². The number of benzene rings is 1. The second kappa shape index (κ2) is 6.61. The van der Waals surface area contributed by atoms with Crippen molar-refractivity contribution in [2.75, 3.05) is 18.5 Å². The molecular weight excluding hydrogens is 260 g/mol. The van der Waals surface area contributed by atoms with E-state index < -0.39 is 10.8 Å². The van der Waals surface area contributed by atoms with Crippen LogP contribution in [0, 0.1) is 0 Å². The van der Waals surface area contributed by atoms with E-state index in [0.717, 1.165) is 0 Å². The zero-order valence-corrected chi connectivity index (χ0v) is 11.1. The predicted molar refractivity (Wildman–Crippen MR) is 70.4 cm³/mol. The van der Waals surface area contributed by atoms with Crippen LogP contribution in [-0.4, -0.2) is 22.9 Å². The van der Waals surface area contributed by atoms with Crippen molar-refractivity contribution in [2.24, 2.45) is 0 Å². The molecule has 1 aromatic rings. The van der Waals surface area contributed by atoms with Gasteiger partial charge in [0.15, 0.2) is 0 Å². The van der Waals surface area contributed by atoms with Gasteiger partial charge in [0.05, 0.1) is 15.7 Å². The van der Waals surface area contributed by atoms with Crippen LogP contribution >= 0.6 is 11.6 Å². The van der Waals surface area contributed by atoms with Gasteiger partial charge in [-0.3, -0.25) is 9.00 Å². The van der Waals surface area contributed by atoms with E-state index in [2.05, 4.69) is 5.32 Å². The Labute approximate surface area is 108 Å². The number of nitrogens with two attached hydrogens (primary N) is 1. The smallest absolute Gasteiger partial charge is 0.219 e. The summed E-state index contributed by atoms with van der Waals surface area (Å²) in [4.78, 5) is 11.5. The molecule has 0 bridgehead atoms. The van der Waals surface area contributed by atoms with Gasteiger partial charge in [0, 0.05) is 29.9 Å². The van der Waals surface area contributed by atoms with E-state index in [1.807, 2.05) is 0 Å². The van der Waals surface area contributed by atoms with Crippen molar-refractivity contribution in [3.63, 3.8) is 0 Å². The topological polar surface area (TPSA) is 72.2 Å². The number of anilines is 1. The van der Waals surface area contributed by atoms with Gasteiger partial charge in [0.25, 0.3) is 0 Å². The number of hydrogen-bond donors (Lipinski definition) is 2. The summed E-state index contributed by atoms with van der Waals surface area (Å²) in [7, 11) is 0.365. The highest BCUT2D eigenvalue weighted by atomic mass is 35.5. The molecule has 0 saturated carbocycles. The van der Waals surface area contributed by atoms with Crippen molar-refractivity contribution in [2.45, 2.75) is 17.7 Å². The Morgan fingerprint density at radius 3 is 2.88 bits per heavy atom. The van der Waals surface area contributed by atoms with Gasteiger partial charge in [-0.05, 0) is 24.6 Å². The van der Waals surface area contributed by atoms with E-state index in [1.165, 1.54) is 0 Å². The molecule has 0 saturated heterocycles. The molecule has 1 unspecified atom stereocenters. The number of hydrogen-bond acceptors (Lipinski definition) is 3. The van der Waals surface area contributed by atoms with Crippen molar-refractivity contribution >= 4 is 34.0 Å². The Kier molecular flexibility index (Phi) is 5.44. The molecule has 17 heavy (non-hydrogen) atoms. The Morgan fingerprint density at radius 1 is 1.53 bits per heavy atom. The maximum Gasteiger partial charge on any atom is 0.219 e. The van der Waals surface area contributed by atoms with Crippen LogP contribution < -0.4 is 11.1 Å². The van der Waals surface area contributed by atoms with Crippen LogP contribution in [-0.2, 0) is 15.6 Å². The molecular formula is C11H15ClN2O2S. The van der Waals surface area contributed by atoms with Crippen molar-refractivity contribution in [3.05, 3.63) is 23.2 Å². The van der Waals surface area contributed by atoms with Crippen LogP contribution in [0.4, 0.5) is 5.69 Å². The number of rotatable bonds is 5. The Morgan fingerprint density at radius 2 is 2.24 bits per heavy atom. The van der Waals surface area contributed by atoms with Crippen LogP contribution in [0.15, 0.2) is 23.1 Å². The minimum atomic E-state index is -1.21. The predicted octanol–water partition coefficient (Wildman–Crippen LogP) is 1.56. The van der Waals surface area contributed by atoms with Crippen LogP contribution in [0.2, 0.25) is 5.02 Å². The summed E-state index contributed by atoms with van der Waals surface area (Å²) in [5, 5.41) is 3.02. The molecule has 1 rings (SSSR count). The second-order valence-electron chi connectivity index (χ2n) is 3.51. The highest BCUT2D eigenvalue weighted by Gasteiger charge is 2.09. The first-order valence-electron chi connectivity index (χ1n) is 5.18. The molecule has 0 aliphatic heterocycles. The first-order chi connectivity index (χ1) is 8.04. The Hall–Kier alpha value is -1.07. The molecule has 1 atom stereocenters.